The predicted octanol–water partition coefficient (Wildman–Crippen LogP) is 1.69. The summed E-state index contributed by atoms with van der Waals surface area (Å²) in [6, 6.07) is 10.1. The molecule has 0 aromatic heterocycles. The number of allylic oxidation sites excluding steroid dienone is 2. The van der Waals surface area contributed by atoms with Gasteiger partial charge in [-0.2, -0.15) is 0 Å². The van der Waals surface area contributed by atoms with Crippen molar-refractivity contribution in [1.82, 2.24) is 0 Å². The van der Waals surface area contributed by atoms with Crippen LogP contribution in [-0.4, -0.2) is 16.9 Å². The van der Waals surface area contributed by atoms with Crippen molar-refractivity contribution >= 4 is 5.69 Å². The molecule has 1 aromatic carbocycles. The second-order valence-electron chi connectivity index (χ2n) is 3.68. The molecule has 14 heavy (non-hydrogen) atoms. The number of aliphatic hydroxyl groups is 1. The number of para-hydroxylation sites is 1. The van der Waals surface area contributed by atoms with Crippen LogP contribution in [0.4, 0.5) is 5.69 Å². The molecule has 1 aliphatic carbocycles. The van der Waals surface area contributed by atoms with Crippen molar-refractivity contribution < 1.29 is 5.11 Å². The molecule has 2 heteroatoms. The van der Waals surface area contributed by atoms with Gasteiger partial charge in [0.15, 0.2) is 5.72 Å². The molecule has 70 valence electrons. The first-order chi connectivity index (χ1) is 6.82. The Morgan fingerprint density at radius 2 is 1.93 bits per heavy atom. The second-order valence-corrected chi connectivity index (χ2v) is 3.68. The fraction of sp³-hybridized carbons (Fsp3) is 0.167. The standard InChI is InChI=1S/C12H11NO/c14-12-9-5-4-8-11(12)13(12)10-6-2-1-3-7-10/h1-9,11,14H. The lowest BCUT2D eigenvalue weighted by atomic mass is 10.1. The van der Waals surface area contributed by atoms with E-state index in [0.29, 0.717) is 0 Å². The monoisotopic (exact) mass is 185 g/mol. The van der Waals surface area contributed by atoms with Gasteiger partial charge in [0.2, 0.25) is 0 Å². The maximum Gasteiger partial charge on any atom is 0.183 e. The summed E-state index contributed by atoms with van der Waals surface area (Å²) < 4.78 is 0. The highest BCUT2D eigenvalue weighted by molar-refractivity contribution is 5.64. The zero-order valence-corrected chi connectivity index (χ0v) is 7.67. The smallest absolute Gasteiger partial charge is 0.183 e. The average molecular weight is 185 g/mol. The van der Waals surface area contributed by atoms with Crippen LogP contribution in [0.1, 0.15) is 0 Å². The first-order valence-electron chi connectivity index (χ1n) is 4.75. The highest BCUT2D eigenvalue weighted by Gasteiger charge is 2.59. The molecule has 0 bridgehead atoms. The summed E-state index contributed by atoms with van der Waals surface area (Å²) in [5.74, 6) is 0. The summed E-state index contributed by atoms with van der Waals surface area (Å²) in [6.07, 6.45) is 7.72. The third kappa shape index (κ3) is 0.888. The minimum absolute atomic E-state index is 0.120. The van der Waals surface area contributed by atoms with Crippen molar-refractivity contribution in [3.63, 3.8) is 0 Å². The minimum atomic E-state index is -0.768. The van der Waals surface area contributed by atoms with E-state index in [0.717, 1.165) is 5.69 Å². The Morgan fingerprint density at radius 1 is 1.14 bits per heavy atom. The van der Waals surface area contributed by atoms with Gasteiger partial charge in [0.1, 0.15) is 6.04 Å². The molecule has 0 amide bonds. The molecule has 1 fully saturated rings. The molecule has 2 aliphatic rings. The lowest BCUT2D eigenvalue weighted by Gasteiger charge is -2.07. The van der Waals surface area contributed by atoms with Gasteiger partial charge >= 0.3 is 0 Å². The molecule has 0 saturated carbocycles. The topological polar surface area (TPSA) is 23.2 Å². The van der Waals surface area contributed by atoms with Gasteiger partial charge in [-0.15, -0.1) is 0 Å². The largest absolute Gasteiger partial charge is 0.365 e. The van der Waals surface area contributed by atoms with E-state index in [1.165, 1.54) is 0 Å². The molecule has 2 atom stereocenters. The first-order valence-corrected chi connectivity index (χ1v) is 4.75. The van der Waals surface area contributed by atoms with Crippen LogP contribution in [0.15, 0.2) is 54.6 Å². The van der Waals surface area contributed by atoms with Gasteiger partial charge in [-0.3, -0.25) is 0 Å². The molecule has 1 saturated heterocycles. The molecular formula is C12H11NO. The molecule has 2 nitrogen and oxygen atoms in total. The second kappa shape index (κ2) is 2.49. The van der Waals surface area contributed by atoms with Crippen LogP contribution in [0.3, 0.4) is 0 Å². The number of hydrogen-bond donors (Lipinski definition) is 1. The predicted molar refractivity (Wildman–Crippen MR) is 55.9 cm³/mol. The summed E-state index contributed by atoms with van der Waals surface area (Å²) in [5.41, 5.74) is 0.298. The van der Waals surface area contributed by atoms with E-state index in [-0.39, 0.29) is 6.04 Å². The quantitative estimate of drug-likeness (QED) is 0.673. The van der Waals surface area contributed by atoms with E-state index in [4.69, 9.17) is 0 Å². The van der Waals surface area contributed by atoms with Crippen LogP contribution in [0.25, 0.3) is 0 Å². The third-order valence-corrected chi connectivity index (χ3v) is 2.81. The van der Waals surface area contributed by atoms with Gasteiger partial charge in [0, 0.05) is 5.69 Å². The Bertz CT molecular complexity index is 410. The molecule has 3 rings (SSSR count). The number of nitrogens with zero attached hydrogens (tertiary/aromatic N) is 1. The summed E-state index contributed by atoms with van der Waals surface area (Å²) in [6.45, 7) is 0. The van der Waals surface area contributed by atoms with Crippen molar-refractivity contribution in [2.24, 2.45) is 0 Å². The van der Waals surface area contributed by atoms with Gasteiger partial charge in [-0.25, -0.2) is 0 Å². The molecular weight excluding hydrogens is 174 g/mol. The van der Waals surface area contributed by atoms with Crippen LogP contribution in [0, 0.1) is 0 Å². The van der Waals surface area contributed by atoms with E-state index >= 15 is 0 Å². The summed E-state index contributed by atoms with van der Waals surface area (Å²) in [7, 11) is 0. The van der Waals surface area contributed by atoms with E-state index in [2.05, 4.69) is 0 Å². The molecule has 0 radical (unpaired) electrons. The lowest BCUT2D eigenvalue weighted by molar-refractivity contribution is 0.199. The molecule has 2 unspecified atom stereocenters. The lowest BCUT2D eigenvalue weighted by Crippen LogP contribution is -2.14. The van der Waals surface area contributed by atoms with Crippen LogP contribution < -0.4 is 4.90 Å². The zero-order valence-electron chi connectivity index (χ0n) is 7.67. The Kier molecular flexibility index (Phi) is 1.39. The fourth-order valence-electron chi connectivity index (χ4n) is 2.05. The maximum atomic E-state index is 10.1. The van der Waals surface area contributed by atoms with Gasteiger partial charge in [-0.1, -0.05) is 36.4 Å². The Morgan fingerprint density at radius 3 is 2.57 bits per heavy atom. The van der Waals surface area contributed by atoms with Gasteiger partial charge in [-0.05, 0) is 18.2 Å². The summed E-state index contributed by atoms with van der Waals surface area (Å²) in [4.78, 5) is 1.99. The molecule has 1 N–H and O–H groups in total. The number of benzene rings is 1. The summed E-state index contributed by atoms with van der Waals surface area (Å²) in [5, 5.41) is 10.1. The van der Waals surface area contributed by atoms with Crippen molar-refractivity contribution in [1.29, 1.82) is 0 Å². The Balaban J connectivity index is 1.98. The maximum absolute atomic E-state index is 10.1. The van der Waals surface area contributed by atoms with Crippen LogP contribution in [0.5, 0.6) is 0 Å². The van der Waals surface area contributed by atoms with Crippen LogP contribution in [-0.2, 0) is 0 Å². The number of fused-ring (bicyclic) bond motifs is 1. The number of anilines is 1. The number of rotatable bonds is 1. The van der Waals surface area contributed by atoms with Crippen molar-refractivity contribution in [3.05, 3.63) is 54.6 Å². The van der Waals surface area contributed by atoms with E-state index in [1.54, 1.807) is 0 Å². The normalized spacial score (nSPS) is 32.9. The van der Waals surface area contributed by atoms with Crippen molar-refractivity contribution in [3.8, 4) is 0 Å². The average Bonchev–Trinajstić information content (AvgIpc) is 2.85. The van der Waals surface area contributed by atoms with Crippen molar-refractivity contribution in [2.45, 2.75) is 11.8 Å². The van der Waals surface area contributed by atoms with Crippen LogP contribution >= 0.6 is 0 Å². The molecule has 1 heterocycles. The summed E-state index contributed by atoms with van der Waals surface area (Å²) >= 11 is 0. The van der Waals surface area contributed by atoms with Crippen molar-refractivity contribution in [2.75, 3.05) is 4.90 Å². The van der Waals surface area contributed by atoms with E-state index in [9.17, 15) is 5.11 Å². The molecule has 0 spiro atoms. The first kappa shape index (κ1) is 7.83. The van der Waals surface area contributed by atoms with Gasteiger partial charge in [0.25, 0.3) is 0 Å². The van der Waals surface area contributed by atoms with Gasteiger partial charge < -0.3 is 10.0 Å². The van der Waals surface area contributed by atoms with Gasteiger partial charge in [0.05, 0.1) is 0 Å². The SMILES string of the molecule is OC12C=CC=CC1N2c1ccccc1. The zero-order chi connectivity index (χ0) is 9.60. The van der Waals surface area contributed by atoms with E-state index in [1.807, 2.05) is 59.5 Å². The third-order valence-electron chi connectivity index (χ3n) is 2.81. The molecule has 1 aromatic rings. The Hall–Kier alpha value is -1.54. The van der Waals surface area contributed by atoms with E-state index < -0.39 is 5.72 Å². The molecule has 1 aliphatic heterocycles. The minimum Gasteiger partial charge on any atom is -0.365 e. The fourth-order valence-corrected chi connectivity index (χ4v) is 2.05. The Labute approximate surface area is 82.8 Å². The highest BCUT2D eigenvalue weighted by atomic mass is 16.3. The highest BCUT2D eigenvalue weighted by Crippen LogP contribution is 2.46. The number of hydrogen-bond acceptors (Lipinski definition) is 2. The van der Waals surface area contributed by atoms with Crippen LogP contribution in [0.2, 0.25) is 0 Å².